The molecular weight excluding hydrogens is 160 g/mol. The highest BCUT2D eigenvalue weighted by Gasteiger charge is 2.34. The third-order valence-electron chi connectivity index (χ3n) is 2.67. The van der Waals surface area contributed by atoms with Crippen molar-refractivity contribution >= 4 is 12.2 Å². The van der Waals surface area contributed by atoms with Gasteiger partial charge in [-0.25, -0.2) is 0 Å². The van der Waals surface area contributed by atoms with Crippen LogP contribution in [0.2, 0.25) is 0 Å². The van der Waals surface area contributed by atoms with E-state index < -0.39 is 0 Å². The molecule has 1 heterocycles. The Morgan fingerprint density at radius 3 is 2.77 bits per heavy atom. The first-order chi connectivity index (χ1) is 6.34. The number of aromatic nitrogens is 2. The minimum Gasteiger partial charge on any atom is -0.268 e. The third kappa shape index (κ3) is 1.30. The molecule has 2 aliphatic carbocycles. The molecule has 2 aliphatic rings. The van der Waals surface area contributed by atoms with Crippen molar-refractivity contribution < 1.29 is 0 Å². The van der Waals surface area contributed by atoms with Gasteiger partial charge in [0.2, 0.25) is 0 Å². The molecule has 2 unspecified atom stereocenters. The van der Waals surface area contributed by atoms with Crippen LogP contribution in [-0.4, -0.2) is 9.78 Å². The lowest BCUT2D eigenvalue weighted by Crippen LogP contribution is -2.29. The fourth-order valence-corrected chi connectivity index (χ4v) is 1.85. The van der Waals surface area contributed by atoms with Gasteiger partial charge in [-0.2, -0.15) is 5.10 Å². The molecule has 2 heteroatoms. The largest absolute Gasteiger partial charge is 0.268 e. The summed E-state index contributed by atoms with van der Waals surface area (Å²) >= 11 is 0. The number of rotatable bonds is 0. The summed E-state index contributed by atoms with van der Waals surface area (Å²) in [4.78, 5) is 0. The van der Waals surface area contributed by atoms with Crippen molar-refractivity contribution in [2.45, 2.75) is 20.3 Å². The lowest BCUT2D eigenvalue weighted by molar-refractivity contribution is 0.738. The van der Waals surface area contributed by atoms with Crippen molar-refractivity contribution in [3.8, 4) is 0 Å². The molecule has 0 aromatic carbocycles. The highest BCUT2D eigenvalue weighted by Crippen LogP contribution is 2.41. The van der Waals surface area contributed by atoms with Crippen LogP contribution in [0.5, 0.6) is 0 Å². The molecule has 0 radical (unpaired) electrons. The zero-order valence-corrected chi connectivity index (χ0v) is 8.49. The molecule has 13 heavy (non-hydrogen) atoms. The predicted octanol–water partition coefficient (Wildman–Crippen LogP) is 0.657. The summed E-state index contributed by atoms with van der Waals surface area (Å²) in [5.41, 5.74) is 0. The molecule has 3 rings (SSSR count). The van der Waals surface area contributed by atoms with E-state index in [4.69, 9.17) is 0 Å². The summed E-state index contributed by atoms with van der Waals surface area (Å²) in [6, 6.07) is 0. The maximum atomic E-state index is 4.21. The molecule has 0 saturated heterocycles. The minimum atomic E-state index is 0.831. The van der Waals surface area contributed by atoms with E-state index in [9.17, 15) is 0 Å². The predicted molar refractivity (Wildman–Crippen MR) is 54.3 cm³/mol. The van der Waals surface area contributed by atoms with Gasteiger partial charge in [-0.3, -0.25) is 4.68 Å². The lowest BCUT2D eigenvalue weighted by Gasteiger charge is -1.93. The second-order valence-corrected chi connectivity index (χ2v) is 3.51. The van der Waals surface area contributed by atoms with E-state index in [1.54, 1.807) is 0 Å². The Labute approximate surface area is 78.6 Å². The number of fused-ring (bicyclic) bond motifs is 2. The lowest BCUT2D eigenvalue weighted by atomic mass is 10.2. The average Bonchev–Trinajstić information content (AvgIpc) is 2.85. The first-order valence-corrected chi connectivity index (χ1v) is 5.06. The monoisotopic (exact) mass is 176 g/mol. The first-order valence-electron chi connectivity index (χ1n) is 5.06. The van der Waals surface area contributed by atoms with Gasteiger partial charge in [-0.15, -0.1) is 0 Å². The van der Waals surface area contributed by atoms with Crippen LogP contribution in [0.15, 0.2) is 6.20 Å². The quantitative estimate of drug-likeness (QED) is 0.568. The van der Waals surface area contributed by atoms with Crippen molar-refractivity contribution in [1.82, 2.24) is 9.78 Å². The Bertz CT molecular complexity index is 414. The van der Waals surface area contributed by atoms with Gasteiger partial charge in [-0.1, -0.05) is 26.0 Å². The molecule has 2 atom stereocenters. The van der Waals surface area contributed by atoms with E-state index in [1.807, 2.05) is 31.8 Å². The Kier molecular flexibility index (Phi) is 1.98. The van der Waals surface area contributed by atoms with E-state index in [0.29, 0.717) is 0 Å². The maximum Gasteiger partial charge on any atom is 0.0639 e. The SMILES string of the molecule is CC.Cn1ncc2c1=CC1CC1C=2. The molecule has 0 bridgehead atoms. The van der Waals surface area contributed by atoms with Crippen molar-refractivity contribution in [3.05, 3.63) is 16.8 Å². The Morgan fingerprint density at radius 1 is 1.31 bits per heavy atom. The van der Waals surface area contributed by atoms with Gasteiger partial charge in [0.1, 0.15) is 0 Å². The average molecular weight is 176 g/mol. The van der Waals surface area contributed by atoms with Gasteiger partial charge in [0.25, 0.3) is 0 Å². The number of aryl methyl sites for hydroxylation is 1. The van der Waals surface area contributed by atoms with Crippen LogP contribution in [0.4, 0.5) is 0 Å². The van der Waals surface area contributed by atoms with Crippen LogP contribution in [-0.2, 0) is 7.05 Å². The zero-order valence-electron chi connectivity index (χ0n) is 8.49. The van der Waals surface area contributed by atoms with Gasteiger partial charge in [0.15, 0.2) is 0 Å². The summed E-state index contributed by atoms with van der Waals surface area (Å²) in [6.45, 7) is 4.00. The second-order valence-electron chi connectivity index (χ2n) is 3.51. The van der Waals surface area contributed by atoms with E-state index in [0.717, 1.165) is 11.8 Å². The van der Waals surface area contributed by atoms with Crippen LogP contribution in [0.3, 0.4) is 0 Å². The highest BCUT2D eigenvalue weighted by atomic mass is 15.2. The molecule has 70 valence electrons. The Hall–Kier alpha value is -1.05. The molecule has 1 aromatic heterocycles. The van der Waals surface area contributed by atoms with E-state index >= 15 is 0 Å². The van der Waals surface area contributed by atoms with E-state index in [2.05, 4.69) is 17.3 Å². The maximum absolute atomic E-state index is 4.21. The standard InChI is InChI=1S/C9H10N2.C2H6/c1-11-9-4-7-2-6(7)3-8(9)5-10-11;1-2/h3-7H,2H2,1H3;1-2H3. The fraction of sp³-hybridized carbons (Fsp3) is 0.545. The number of hydrogen-bond donors (Lipinski definition) is 0. The molecule has 1 fully saturated rings. The molecule has 0 aliphatic heterocycles. The Morgan fingerprint density at radius 2 is 2.00 bits per heavy atom. The van der Waals surface area contributed by atoms with E-state index in [1.165, 1.54) is 17.0 Å². The third-order valence-corrected chi connectivity index (χ3v) is 2.67. The smallest absolute Gasteiger partial charge is 0.0639 e. The van der Waals surface area contributed by atoms with Crippen molar-refractivity contribution in [1.29, 1.82) is 0 Å². The van der Waals surface area contributed by atoms with Gasteiger partial charge in [-0.05, 0) is 18.3 Å². The molecule has 0 amide bonds. The van der Waals surface area contributed by atoms with Crippen LogP contribution in [0.1, 0.15) is 20.3 Å². The van der Waals surface area contributed by atoms with E-state index in [-0.39, 0.29) is 0 Å². The van der Waals surface area contributed by atoms with Crippen molar-refractivity contribution in [2.24, 2.45) is 18.9 Å². The summed E-state index contributed by atoms with van der Waals surface area (Å²) in [6.07, 6.45) is 8.02. The highest BCUT2D eigenvalue weighted by molar-refractivity contribution is 5.47. The van der Waals surface area contributed by atoms with Gasteiger partial charge in [0.05, 0.1) is 11.5 Å². The zero-order chi connectivity index (χ0) is 9.42. The summed E-state index contributed by atoms with van der Waals surface area (Å²) < 4.78 is 1.96. The van der Waals surface area contributed by atoms with Crippen LogP contribution in [0, 0.1) is 11.8 Å². The summed E-state index contributed by atoms with van der Waals surface area (Å²) in [5.74, 6) is 1.67. The normalized spacial score (nSPS) is 27.0. The Balaban J connectivity index is 0.000000308. The minimum absolute atomic E-state index is 0.831. The van der Waals surface area contributed by atoms with Gasteiger partial charge < -0.3 is 0 Å². The molecule has 1 saturated carbocycles. The molecule has 1 aromatic rings. The molecule has 0 spiro atoms. The number of nitrogens with zero attached hydrogens (tertiary/aromatic N) is 2. The molecular formula is C11H16N2. The van der Waals surface area contributed by atoms with Crippen LogP contribution >= 0.6 is 0 Å². The second kappa shape index (κ2) is 3.02. The summed E-state index contributed by atoms with van der Waals surface area (Å²) in [5, 5.41) is 6.84. The van der Waals surface area contributed by atoms with Gasteiger partial charge >= 0.3 is 0 Å². The van der Waals surface area contributed by atoms with Crippen LogP contribution in [0.25, 0.3) is 12.2 Å². The molecule has 2 nitrogen and oxygen atoms in total. The summed E-state index contributed by atoms with van der Waals surface area (Å²) in [7, 11) is 2.01. The topological polar surface area (TPSA) is 17.8 Å². The van der Waals surface area contributed by atoms with Gasteiger partial charge in [0, 0.05) is 12.3 Å². The molecule has 0 N–H and O–H groups in total. The van der Waals surface area contributed by atoms with Crippen LogP contribution < -0.4 is 10.6 Å². The van der Waals surface area contributed by atoms with Crippen molar-refractivity contribution in [2.75, 3.05) is 0 Å². The number of hydrogen-bond acceptors (Lipinski definition) is 1. The fourth-order valence-electron chi connectivity index (χ4n) is 1.85. The van der Waals surface area contributed by atoms with Crippen molar-refractivity contribution in [3.63, 3.8) is 0 Å². The first kappa shape index (κ1) is 8.54.